The van der Waals surface area contributed by atoms with Crippen LogP contribution in [0.3, 0.4) is 0 Å². The fraction of sp³-hybridized carbons (Fsp3) is 0.923. The summed E-state index contributed by atoms with van der Waals surface area (Å²) in [6, 6.07) is 0.00600. The molecule has 1 atom stereocenters. The van der Waals surface area contributed by atoms with Crippen LogP contribution in [0, 0.1) is 5.92 Å². The van der Waals surface area contributed by atoms with Crippen LogP contribution < -0.4 is 10.6 Å². The van der Waals surface area contributed by atoms with E-state index in [9.17, 15) is 4.79 Å². The minimum Gasteiger partial charge on any atom is -0.341 e. The number of rotatable bonds is 3. The number of piperazine rings is 1. The van der Waals surface area contributed by atoms with Crippen LogP contribution in [0.4, 0.5) is 0 Å². The van der Waals surface area contributed by atoms with Gasteiger partial charge in [-0.15, -0.1) is 0 Å². The highest BCUT2D eigenvalue weighted by Crippen LogP contribution is 2.22. The number of carbonyl (C=O) groups is 1. The van der Waals surface area contributed by atoms with E-state index >= 15 is 0 Å². The minimum absolute atomic E-state index is 0.00600. The van der Waals surface area contributed by atoms with Crippen molar-refractivity contribution in [1.82, 2.24) is 15.5 Å². The first-order chi connectivity index (χ1) is 8.31. The number of carbonyl (C=O) groups excluding carboxylic acids is 1. The maximum absolute atomic E-state index is 12.2. The molecular weight excluding hydrogens is 214 g/mol. The lowest BCUT2D eigenvalue weighted by atomic mass is 9.92. The molecule has 1 amide bonds. The van der Waals surface area contributed by atoms with E-state index in [2.05, 4.69) is 22.5 Å². The highest BCUT2D eigenvalue weighted by Gasteiger charge is 2.28. The molecule has 2 aliphatic heterocycles. The van der Waals surface area contributed by atoms with Gasteiger partial charge in [-0.3, -0.25) is 4.79 Å². The van der Waals surface area contributed by atoms with Crippen LogP contribution in [0.5, 0.6) is 0 Å². The third-order valence-electron chi connectivity index (χ3n) is 3.96. The number of piperidine rings is 1. The molecule has 4 nitrogen and oxygen atoms in total. The van der Waals surface area contributed by atoms with Crippen molar-refractivity contribution in [2.75, 3.05) is 32.7 Å². The molecule has 1 unspecified atom stereocenters. The largest absolute Gasteiger partial charge is 0.341 e. The lowest BCUT2D eigenvalue weighted by Crippen LogP contribution is -2.57. The Kier molecular flexibility index (Phi) is 4.80. The molecule has 0 saturated carbocycles. The summed E-state index contributed by atoms with van der Waals surface area (Å²) in [6.45, 7) is 6.83. The summed E-state index contributed by atoms with van der Waals surface area (Å²) in [5.41, 5.74) is 0. The van der Waals surface area contributed by atoms with Crippen molar-refractivity contribution < 1.29 is 4.79 Å². The molecule has 2 saturated heterocycles. The van der Waals surface area contributed by atoms with Gasteiger partial charge in [-0.25, -0.2) is 0 Å². The third-order valence-corrected chi connectivity index (χ3v) is 3.96. The van der Waals surface area contributed by atoms with Crippen molar-refractivity contribution >= 4 is 5.91 Å². The van der Waals surface area contributed by atoms with Crippen LogP contribution in [-0.2, 0) is 4.79 Å². The van der Waals surface area contributed by atoms with Gasteiger partial charge in [-0.1, -0.05) is 19.8 Å². The van der Waals surface area contributed by atoms with Crippen molar-refractivity contribution in [3.63, 3.8) is 0 Å². The van der Waals surface area contributed by atoms with Gasteiger partial charge in [-0.2, -0.15) is 0 Å². The molecule has 0 spiro atoms. The maximum atomic E-state index is 12.2. The molecule has 0 aliphatic carbocycles. The highest BCUT2D eigenvalue weighted by molar-refractivity contribution is 5.82. The second kappa shape index (κ2) is 6.36. The summed E-state index contributed by atoms with van der Waals surface area (Å²) in [5.74, 6) is 1.15. The van der Waals surface area contributed by atoms with Gasteiger partial charge in [0, 0.05) is 32.7 Å². The van der Waals surface area contributed by atoms with Crippen LogP contribution in [0.1, 0.15) is 32.6 Å². The van der Waals surface area contributed by atoms with E-state index in [-0.39, 0.29) is 6.04 Å². The summed E-state index contributed by atoms with van der Waals surface area (Å²) in [7, 11) is 0. The topological polar surface area (TPSA) is 44.4 Å². The van der Waals surface area contributed by atoms with Crippen LogP contribution in [0.2, 0.25) is 0 Å². The van der Waals surface area contributed by atoms with Gasteiger partial charge in [0.2, 0.25) is 5.91 Å². The van der Waals surface area contributed by atoms with Crippen molar-refractivity contribution in [3.05, 3.63) is 0 Å². The predicted octanol–water partition coefficient (Wildman–Crippen LogP) is 0.587. The molecule has 98 valence electrons. The fourth-order valence-corrected chi connectivity index (χ4v) is 2.90. The first kappa shape index (κ1) is 12.8. The minimum atomic E-state index is 0.00600. The smallest absolute Gasteiger partial charge is 0.241 e. The average Bonchev–Trinajstić information content (AvgIpc) is 2.40. The summed E-state index contributed by atoms with van der Waals surface area (Å²) < 4.78 is 0. The molecule has 2 N–H and O–H groups in total. The van der Waals surface area contributed by atoms with Gasteiger partial charge >= 0.3 is 0 Å². The molecular formula is C13H25N3O. The zero-order valence-corrected chi connectivity index (χ0v) is 10.9. The van der Waals surface area contributed by atoms with Crippen LogP contribution in [0.25, 0.3) is 0 Å². The Morgan fingerprint density at radius 1 is 1.29 bits per heavy atom. The molecule has 2 rings (SSSR count). The Labute approximate surface area is 104 Å². The molecule has 2 aliphatic rings. The van der Waals surface area contributed by atoms with Crippen molar-refractivity contribution in [2.24, 2.45) is 5.92 Å². The monoisotopic (exact) mass is 239 g/mol. The van der Waals surface area contributed by atoms with Gasteiger partial charge in [-0.05, 0) is 18.8 Å². The zero-order valence-electron chi connectivity index (χ0n) is 10.9. The molecule has 0 aromatic heterocycles. The van der Waals surface area contributed by atoms with Crippen LogP contribution in [-0.4, -0.2) is 49.6 Å². The summed E-state index contributed by atoms with van der Waals surface area (Å²) in [4.78, 5) is 14.3. The molecule has 2 fully saturated rings. The number of amides is 1. The quantitative estimate of drug-likeness (QED) is 0.757. The van der Waals surface area contributed by atoms with Crippen LogP contribution >= 0.6 is 0 Å². The third kappa shape index (κ3) is 3.42. The fourth-order valence-electron chi connectivity index (χ4n) is 2.90. The molecule has 0 aromatic carbocycles. The van der Waals surface area contributed by atoms with E-state index in [4.69, 9.17) is 0 Å². The number of nitrogens with zero attached hydrogens (tertiary/aromatic N) is 1. The maximum Gasteiger partial charge on any atom is 0.241 e. The second-order valence-electron chi connectivity index (χ2n) is 5.27. The van der Waals surface area contributed by atoms with Gasteiger partial charge in [0.15, 0.2) is 0 Å². The molecule has 4 heteroatoms. The van der Waals surface area contributed by atoms with E-state index in [0.717, 1.165) is 38.6 Å². The Morgan fingerprint density at radius 3 is 2.65 bits per heavy atom. The molecule has 0 aromatic rings. The Bertz CT molecular complexity index is 243. The van der Waals surface area contributed by atoms with Gasteiger partial charge in [0.25, 0.3) is 0 Å². The molecule has 0 bridgehead atoms. The number of hydrogen-bond donors (Lipinski definition) is 2. The SMILES string of the molecule is CCCC1CCN(C(=O)C2CNCCN2)CC1. The molecule has 17 heavy (non-hydrogen) atoms. The van der Waals surface area contributed by atoms with E-state index < -0.39 is 0 Å². The lowest BCUT2D eigenvalue weighted by Gasteiger charge is -2.35. The number of likely N-dealkylation sites (tertiary alicyclic amines) is 1. The Morgan fingerprint density at radius 2 is 2.06 bits per heavy atom. The van der Waals surface area contributed by atoms with Crippen LogP contribution in [0.15, 0.2) is 0 Å². The van der Waals surface area contributed by atoms with E-state index in [0.29, 0.717) is 5.91 Å². The zero-order chi connectivity index (χ0) is 12.1. The standard InChI is InChI=1S/C13H25N3O/c1-2-3-11-4-8-16(9-5-11)13(17)12-10-14-6-7-15-12/h11-12,14-15H,2-10H2,1H3. The summed E-state index contributed by atoms with van der Waals surface area (Å²) >= 11 is 0. The van der Waals surface area contributed by atoms with Crippen molar-refractivity contribution in [1.29, 1.82) is 0 Å². The Hall–Kier alpha value is -0.610. The van der Waals surface area contributed by atoms with Gasteiger partial charge < -0.3 is 15.5 Å². The average molecular weight is 239 g/mol. The lowest BCUT2D eigenvalue weighted by molar-refractivity contribution is -0.135. The number of nitrogens with one attached hydrogen (secondary N) is 2. The predicted molar refractivity (Wildman–Crippen MR) is 68.9 cm³/mol. The summed E-state index contributed by atoms with van der Waals surface area (Å²) in [5, 5.41) is 6.57. The molecule has 0 radical (unpaired) electrons. The first-order valence-electron chi connectivity index (χ1n) is 7.04. The first-order valence-corrected chi connectivity index (χ1v) is 7.04. The van der Waals surface area contributed by atoms with Crippen molar-refractivity contribution in [3.8, 4) is 0 Å². The molecule has 2 heterocycles. The number of hydrogen-bond acceptors (Lipinski definition) is 3. The second-order valence-corrected chi connectivity index (χ2v) is 5.27. The van der Waals surface area contributed by atoms with E-state index in [1.807, 2.05) is 0 Å². The Balaban J connectivity index is 1.77. The van der Waals surface area contributed by atoms with Crippen molar-refractivity contribution in [2.45, 2.75) is 38.6 Å². The summed E-state index contributed by atoms with van der Waals surface area (Å²) in [6.07, 6.45) is 4.98. The van der Waals surface area contributed by atoms with Gasteiger partial charge in [0.05, 0.1) is 6.04 Å². The van der Waals surface area contributed by atoms with E-state index in [1.165, 1.54) is 25.7 Å². The van der Waals surface area contributed by atoms with Gasteiger partial charge in [0.1, 0.15) is 0 Å². The normalized spacial score (nSPS) is 27.1. The highest BCUT2D eigenvalue weighted by atomic mass is 16.2. The van der Waals surface area contributed by atoms with E-state index in [1.54, 1.807) is 0 Å².